The van der Waals surface area contributed by atoms with E-state index in [-0.39, 0.29) is 19.0 Å². The van der Waals surface area contributed by atoms with Crippen molar-refractivity contribution in [2.45, 2.75) is 42.9 Å². The van der Waals surface area contributed by atoms with Crippen molar-refractivity contribution in [2.24, 2.45) is 0 Å². The number of carbonyl (C=O) groups excluding carboxylic acids is 1. The molecule has 8 nitrogen and oxygen atoms in total. The molecule has 1 N–H and O–H groups in total. The van der Waals surface area contributed by atoms with Gasteiger partial charge in [0, 0.05) is 20.6 Å². The van der Waals surface area contributed by atoms with E-state index >= 15 is 0 Å². The molecule has 0 saturated heterocycles. The van der Waals surface area contributed by atoms with E-state index < -0.39 is 15.4 Å². The van der Waals surface area contributed by atoms with Gasteiger partial charge in [0.25, 0.3) is 0 Å². The van der Waals surface area contributed by atoms with Gasteiger partial charge >= 0.3 is 0 Å². The summed E-state index contributed by atoms with van der Waals surface area (Å²) in [7, 11) is -1.93. The van der Waals surface area contributed by atoms with E-state index in [0.29, 0.717) is 29.6 Å². The minimum atomic E-state index is -3.53. The zero-order chi connectivity index (χ0) is 25.3. The molecule has 1 aromatic heterocycles. The van der Waals surface area contributed by atoms with Crippen molar-refractivity contribution in [3.63, 3.8) is 0 Å². The molecule has 3 aromatic rings. The van der Waals surface area contributed by atoms with E-state index in [0.717, 1.165) is 36.8 Å². The average Bonchev–Trinajstić information content (AvgIpc) is 3.58. The Morgan fingerprint density at radius 2 is 1.83 bits per heavy atom. The van der Waals surface area contributed by atoms with E-state index in [2.05, 4.69) is 10.3 Å². The summed E-state index contributed by atoms with van der Waals surface area (Å²) in [6, 6.07) is 17.7. The minimum absolute atomic E-state index is 0. The first-order valence-electron chi connectivity index (χ1n) is 12.1. The van der Waals surface area contributed by atoms with Gasteiger partial charge in [0.1, 0.15) is 5.82 Å². The van der Waals surface area contributed by atoms with Crippen molar-refractivity contribution in [3.8, 4) is 22.8 Å². The zero-order valence-electron chi connectivity index (χ0n) is 20.4. The van der Waals surface area contributed by atoms with Crippen molar-refractivity contribution >= 4 is 21.7 Å². The van der Waals surface area contributed by atoms with E-state index in [9.17, 15) is 13.2 Å². The van der Waals surface area contributed by atoms with Crippen molar-refractivity contribution in [3.05, 3.63) is 66.2 Å². The number of amides is 1. The van der Waals surface area contributed by atoms with E-state index in [1.807, 2.05) is 37.3 Å². The summed E-state index contributed by atoms with van der Waals surface area (Å²) in [6.07, 6.45) is 3.24. The van der Waals surface area contributed by atoms with Crippen LogP contribution in [0.1, 0.15) is 39.6 Å². The maximum Gasteiger partial charge on any atom is 0.242 e. The van der Waals surface area contributed by atoms with Crippen LogP contribution < -0.4 is 14.8 Å². The molecule has 0 radical (unpaired) electrons. The molecule has 36 heavy (non-hydrogen) atoms. The van der Waals surface area contributed by atoms with Crippen LogP contribution in [0.25, 0.3) is 11.3 Å². The number of ether oxygens (including phenoxy) is 2. The average molecular weight is 510 g/mol. The van der Waals surface area contributed by atoms with Gasteiger partial charge in [0.05, 0.1) is 16.0 Å². The smallest absolute Gasteiger partial charge is 0.242 e. The van der Waals surface area contributed by atoms with Crippen LogP contribution in [0, 0.1) is 0 Å². The number of nitrogens with one attached hydrogen (secondary N) is 1. The van der Waals surface area contributed by atoms with Gasteiger partial charge in [-0.3, -0.25) is 4.79 Å². The Morgan fingerprint density at radius 1 is 1.08 bits per heavy atom. The van der Waals surface area contributed by atoms with Crippen LogP contribution in [-0.4, -0.2) is 44.0 Å². The van der Waals surface area contributed by atoms with Crippen molar-refractivity contribution in [2.75, 3.05) is 25.7 Å². The lowest BCUT2D eigenvalue weighted by Crippen LogP contribution is -2.28. The van der Waals surface area contributed by atoms with Crippen LogP contribution in [0.5, 0.6) is 11.5 Å². The SMILES string of the molecule is CCCCN(C)S(=O)(=O)c1ccc(-c2cccc(NC(=O)C3(c4ccc5c(c4)OCO5)CC3)n2)cc1.[HH]. The highest BCUT2D eigenvalue weighted by Gasteiger charge is 2.51. The second kappa shape index (κ2) is 9.55. The lowest BCUT2D eigenvalue weighted by molar-refractivity contribution is -0.118. The summed E-state index contributed by atoms with van der Waals surface area (Å²) in [5, 5.41) is 2.97. The van der Waals surface area contributed by atoms with E-state index in [1.54, 1.807) is 37.4 Å². The molecule has 1 amide bonds. The first-order valence-corrected chi connectivity index (χ1v) is 13.5. The molecular weight excluding hydrogens is 478 g/mol. The molecule has 2 heterocycles. The molecule has 2 aliphatic rings. The number of hydrogen-bond acceptors (Lipinski definition) is 6. The van der Waals surface area contributed by atoms with Gasteiger partial charge in [-0.05, 0) is 61.2 Å². The van der Waals surface area contributed by atoms with Gasteiger partial charge < -0.3 is 14.8 Å². The lowest BCUT2D eigenvalue weighted by Gasteiger charge is -2.17. The Morgan fingerprint density at radius 3 is 2.56 bits per heavy atom. The standard InChI is InChI=1S/C27H29N3O5S.H2/c1-3-4-16-30(2)36(32,33)21-11-8-19(9-12-21)22-6-5-7-25(28-22)29-26(31)27(14-15-27)20-10-13-23-24(17-20)35-18-34-23;/h5-13,17H,3-4,14-16,18H2,1-2H3,(H,28,29,31);1H. The van der Waals surface area contributed by atoms with Crippen LogP contribution >= 0.6 is 0 Å². The third-order valence-corrected chi connectivity index (χ3v) is 8.66. The number of sulfonamides is 1. The number of anilines is 1. The fraction of sp³-hybridized carbons (Fsp3) is 0.333. The third-order valence-electron chi connectivity index (χ3n) is 6.79. The Hall–Kier alpha value is -3.43. The van der Waals surface area contributed by atoms with Gasteiger partial charge in [-0.15, -0.1) is 0 Å². The Balaban J connectivity index is 0.00000320. The van der Waals surface area contributed by atoms with Crippen LogP contribution in [0.15, 0.2) is 65.6 Å². The van der Waals surface area contributed by atoms with Crippen LogP contribution in [0.2, 0.25) is 0 Å². The van der Waals surface area contributed by atoms with Crippen LogP contribution in [0.4, 0.5) is 5.82 Å². The zero-order valence-corrected chi connectivity index (χ0v) is 21.2. The molecule has 190 valence electrons. The number of pyridine rings is 1. The second-order valence-electron chi connectivity index (χ2n) is 9.22. The topological polar surface area (TPSA) is 97.8 Å². The summed E-state index contributed by atoms with van der Waals surface area (Å²) in [5.74, 6) is 1.69. The molecule has 9 heteroatoms. The predicted octanol–water partition coefficient (Wildman–Crippen LogP) is 4.81. The van der Waals surface area contributed by atoms with E-state index in [4.69, 9.17) is 9.47 Å². The van der Waals surface area contributed by atoms with Crippen LogP contribution in [-0.2, 0) is 20.2 Å². The van der Waals surface area contributed by atoms with Gasteiger partial charge in [-0.25, -0.2) is 17.7 Å². The lowest BCUT2D eigenvalue weighted by atomic mass is 9.94. The molecule has 1 fully saturated rings. The number of hydrogen-bond donors (Lipinski definition) is 1. The van der Waals surface area contributed by atoms with Crippen molar-refractivity contribution in [1.82, 2.24) is 9.29 Å². The molecule has 5 rings (SSSR count). The monoisotopic (exact) mass is 509 g/mol. The number of fused-ring (bicyclic) bond motifs is 1. The highest BCUT2D eigenvalue weighted by molar-refractivity contribution is 7.89. The third kappa shape index (κ3) is 4.56. The number of benzene rings is 2. The molecule has 1 aliphatic heterocycles. The molecular formula is C27H31N3O5S. The molecule has 0 atom stereocenters. The number of nitrogens with zero attached hydrogens (tertiary/aromatic N) is 2. The quantitative estimate of drug-likeness (QED) is 0.444. The highest BCUT2D eigenvalue weighted by Crippen LogP contribution is 2.51. The second-order valence-corrected chi connectivity index (χ2v) is 11.3. The largest absolute Gasteiger partial charge is 0.454 e. The van der Waals surface area contributed by atoms with Crippen molar-refractivity contribution in [1.29, 1.82) is 0 Å². The summed E-state index contributed by atoms with van der Waals surface area (Å²) in [6.45, 7) is 2.70. The number of rotatable bonds is 9. The molecule has 1 aliphatic carbocycles. The Kier molecular flexibility index (Phi) is 6.44. The van der Waals surface area contributed by atoms with Gasteiger partial charge in [-0.1, -0.05) is 37.6 Å². The van der Waals surface area contributed by atoms with Gasteiger partial charge in [0.2, 0.25) is 22.7 Å². The normalized spacial score (nSPS) is 15.6. The molecule has 2 aromatic carbocycles. The summed E-state index contributed by atoms with van der Waals surface area (Å²) < 4.78 is 37.8. The fourth-order valence-corrected chi connectivity index (χ4v) is 5.56. The predicted molar refractivity (Wildman–Crippen MR) is 139 cm³/mol. The van der Waals surface area contributed by atoms with Gasteiger partial charge in [-0.2, -0.15) is 0 Å². The minimum Gasteiger partial charge on any atom is -0.454 e. The molecule has 1 saturated carbocycles. The number of carbonyl (C=O) groups is 1. The highest BCUT2D eigenvalue weighted by atomic mass is 32.2. The number of aromatic nitrogens is 1. The van der Waals surface area contributed by atoms with Crippen LogP contribution in [0.3, 0.4) is 0 Å². The fourth-order valence-electron chi connectivity index (χ4n) is 4.35. The molecule has 0 spiro atoms. The summed E-state index contributed by atoms with van der Waals surface area (Å²) in [4.78, 5) is 18.1. The molecule has 0 unspecified atom stereocenters. The Labute approximate surface area is 212 Å². The van der Waals surface area contributed by atoms with Crippen molar-refractivity contribution < 1.29 is 24.1 Å². The Bertz CT molecular complexity index is 1390. The summed E-state index contributed by atoms with van der Waals surface area (Å²) >= 11 is 0. The summed E-state index contributed by atoms with van der Waals surface area (Å²) in [5.41, 5.74) is 1.71. The first-order chi connectivity index (χ1) is 17.3. The van der Waals surface area contributed by atoms with E-state index in [1.165, 1.54) is 4.31 Å². The van der Waals surface area contributed by atoms with Gasteiger partial charge in [0.15, 0.2) is 11.5 Å². The molecule has 0 bridgehead atoms. The maximum atomic E-state index is 13.2. The number of unbranched alkanes of at least 4 members (excludes halogenated alkanes) is 1. The first kappa shape index (κ1) is 24.3. The maximum absolute atomic E-state index is 13.2.